The summed E-state index contributed by atoms with van der Waals surface area (Å²) in [6.07, 6.45) is -0.786. The number of hydrogen-bond acceptors (Lipinski definition) is 2. The molecular weight excluding hydrogens is 308 g/mol. The minimum absolute atomic E-state index is 0.179. The van der Waals surface area contributed by atoms with Crippen molar-refractivity contribution in [2.24, 2.45) is 0 Å². The van der Waals surface area contributed by atoms with Gasteiger partial charge < -0.3 is 0 Å². The highest BCUT2D eigenvalue weighted by Crippen LogP contribution is 2.35. The Morgan fingerprint density at radius 1 is 0.913 bits per heavy atom. The van der Waals surface area contributed by atoms with Crippen molar-refractivity contribution in [1.29, 1.82) is 0 Å². The van der Waals surface area contributed by atoms with E-state index in [2.05, 4.69) is 16.3 Å². The van der Waals surface area contributed by atoms with Gasteiger partial charge in [-0.15, -0.1) is 0 Å². The molecule has 0 bridgehead atoms. The smallest absolute Gasteiger partial charge is 0.233 e. The molecule has 0 aliphatic heterocycles. The molecule has 0 saturated heterocycles. The topological polar surface area (TPSA) is 25.8 Å². The van der Waals surface area contributed by atoms with Crippen LogP contribution in [0, 0.1) is 12.1 Å². The van der Waals surface area contributed by atoms with Crippen LogP contribution in [0.1, 0.15) is 5.56 Å². The molecule has 3 aromatic rings. The van der Waals surface area contributed by atoms with Gasteiger partial charge in [0.05, 0.1) is 11.3 Å². The largest absolute Gasteiger partial charge is 0.416 e. The van der Waals surface area contributed by atoms with Gasteiger partial charge in [0.15, 0.2) is 6.33 Å². The lowest BCUT2D eigenvalue weighted by Gasteiger charge is -2.11. The second-order valence-electron chi connectivity index (χ2n) is 4.79. The van der Waals surface area contributed by atoms with Gasteiger partial charge in [0.25, 0.3) is 0 Å². The molecule has 0 fully saturated rings. The predicted octanol–water partition coefficient (Wildman–Crippen LogP) is 4.77. The Morgan fingerprint density at radius 3 is 2.43 bits per heavy atom. The quantitative estimate of drug-likeness (QED) is 0.636. The van der Waals surface area contributed by atoms with Crippen molar-refractivity contribution in [2.75, 3.05) is 0 Å². The summed E-state index contributed by atoms with van der Waals surface area (Å²) in [5.41, 5.74) is 0.144. The number of alkyl halides is 3. The van der Waals surface area contributed by atoms with E-state index in [4.69, 9.17) is 0 Å². The fraction of sp³-hybridized carbons (Fsp3) is 0.0588. The highest BCUT2D eigenvalue weighted by Gasteiger charge is 2.30. The van der Waals surface area contributed by atoms with E-state index in [1.807, 2.05) is 0 Å². The molecule has 0 unspecified atom stereocenters. The molecule has 0 aliphatic rings. The third-order valence-electron chi connectivity index (χ3n) is 3.30. The van der Waals surface area contributed by atoms with Crippen molar-refractivity contribution in [3.8, 4) is 22.4 Å². The van der Waals surface area contributed by atoms with E-state index in [0.717, 1.165) is 12.1 Å². The number of aromatic nitrogens is 2. The van der Waals surface area contributed by atoms with E-state index in [1.165, 1.54) is 36.5 Å². The molecule has 0 N–H and O–H groups in total. The number of hydrogen-bond donors (Lipinski definition) is 0. The molecule has 2 nitrogen and oxygen atoms in total. The zero-order chi connectivity index (χ0) is 16.4. The van der Waals surface area contributed by atoms with E-state index in [1.54, 1.807) is 6.07 Å². The Bertz CT molecular complexity index is 844. The van der Waals surface area contributed by atoms with Crippen molar-refractivity contribution >= 4 is 0 Å². The van der Waals surface area contributed by atoms with Crippen LogP contribution < -0.4 is 0 Å². The summed E-state index contributed by atoms with van der Waals surface area (Å²) in [7, 11) is 0. The third-order valence-corrected chi connectivity index (χ3v) is 3.30. The van der Waals surface area contributed by atoms with Crippen LogP contribution in [0.5, 0.6) is 0 Å². The first-order valence-corrected chi connectivity index (χ1v) is 6.62. The van der Waals surface area contributed by atoms with Gasteiger partial charge in [-0.2, -0.15) is 13.2 Å². The molecule has 0 atom stereocenters. The number of benzene rings is 2. The maximum atomic E-state index is 14.0. The first kappa shape index (κ1) is 15.1. The van der Waals surface area contributed by atoms with Crippen molar-refractivity contribution < 1.29 is 17.6 Å². The van der Waals surface area contributed by atoms with Gasteiger partial charge >= 0.3 is 6.18 Å². The molecule has 0 spiro atoms. The summed E-state index contributed by atoms with van der Waals surface area (Å²) >= 11 is 0. The standard InChI is InChI=1S/C17H9F4N2/c18-15-7-2-1-6-13(15)16-14(9-22-10-23-16)11-4-3-5-12(8-11)17(19,20)21/h1-9H. The molecule has 2 aromatic carbocycles. The van der Waals surface area contributed by atoms with Crippen LogP contribution in [0.4, 0.5) is 17.6 Å². The fourth-order valence-corrected chi connectivity index (χ4v) is 2.23. The lowest BCUT2D eigenvalue weighted by Crippen LogP contribution is -2.04. The van der Waals surface area contributed by atoms with Crippen LogP contribution in [0.3, 0.4) is 0 Å². The second-order valence-corrected chi connectivity index (χ2v) is 4.79. The molecule has 115 valence electrons. The van der Waals surface area contributed by atoms with Crippen LogP contribution in [-0.4, -0.2) is 9.97 Å². The van der Waals surface area contributed by atoms with E-state index >= 15 is 0 Å². The summed E-state index contributed by atoms with van der Waals surface area (Å²) < 4.78 is 52.6. The van der Waals surface area contributed by atoms with Crippen LogP contribution >= 0.6 is 0 Å². The van der Waals surface area contributed by atoms with E-state index in [9.17, 15) is 17.6 Å². The lowest BCUT2D eigenvalue weighted by atomic mass is 9.99. The minimum atomic E-state index is -4.46. The molecule has 1 heterocycles. The first-order chi connectivity index (χ1) is 11.0. The van der Waals surface area contributed by atoms with Crippen molar-refractivity contribution in [1.82, 2.24) is 9.97 Å². The number of halogens is 4. The highest BCUT2D eigenvalue weighted by molar-refractivity contribution is 5.80. The monoisotopic (exact) mass is 317 g/mol. The van der Waals surface area contributed by atoms with Gasteiger partial charge in [-0.1, -0.05) is 24.3 Å². The second kappa shape index (κ2) is 5.79. The average Bonchev–Trinajstić information content (AvgIpc) is 2.55. The summed E-state index contributed by atoms with van der Waals surface area (Å²) in [5, 5.41) is 0. The maximum absolute atomic E-state index is 14.0. The van der Waals surface area contributed by atoms with Crippen molar-refractivity contribution in [3.05, 3.63) is 72.4 Å². The molecule has 23 heavy (non-hydrogen) atoms. The average molecular weight is 317 g/mol. The summed E-state index contributed by atoms with van der Waals surface area (Å²) in [4.78, 5) is 7.65. The lowest BCUT2D eigenvalue weighted by molar-refractivity contribution is -0.137. The minimum Gasteiger partial charge on any atom is -0.233 e. The van der Waals surface area contributed by atoms with Crippen LogP contribution in [-0.2, 0) is 6.18 Å². The number of nitrogens with zero attached hydrogens (tertiary/aromatic N) is 2. The number of rotatable bonds is 2. The zero-order valence-corrected chi connectivity index (χ0v) is 11.6. The Balaban J connectivity index is 2.18. The molecule has 6 heteroatoms. The van der Waals surface area contributed by atoms with Gasteiger partial charge in [0.1, 0.15) is 5.82 Å². The zero-order valence-electron chi connectivity index (χ0n) is 11.6. The summed E-state index contributed by atoms with van der Waals surface area (Å²) in [6.45, 7) is 0. The van der Waals surface area contributed by atoms with E-state index in [0.29, 0.717) is 5.56 Å². The Kier molecular flexibility index (Phi) is 3.82. The molecule has 3 rings (SSSR count). The molecule has 1 radical (unpaired) electrons. The highest BCUT2D eigenvalue weighted by atomic mass is 19.4. The van der Waals surface area contributed by atoms with Gasteiger partial charge in [-0.3, -0.25) is 0 Å². The van der Waals surface area contributed by atoms with Crippen LogP contribution in [0.25, 0.3) is 22.4 Å². The normalized spacial score (nSPS) is 11.5. The van der Waals surface area contributed by atoms with Crippen molar-refractivity contribution in [2.45, 2.75) is 6.18 Å². The Hall–Kier alpha value is -2.76. The van der Waals surface area contributed by atoms with Crippen LogP contribution in [0.15, 0.2) is 54.7 Å². The summed E-state index contributed by atoms with van der Waals surface area (Å²) in [5.74, 6) is -0.521. The Morgan fingerprint density at radius 2 is 1.70 bits per heavy atom. The van der Waals surface area contributed by atoms with Gasteiger partial charge in [0, 0.05) is 17.3 Å². The molecule has 0 aliphatic carbocycles. The fourth-order valence-electron chi connectivity index (χ4n) is 2.23. The predicted molar refractivity (Wildman–Crippen MR) is 76.7 cm³/mol. The summed E-state index contributed by atoms with van der Waals surface area (Å²) in [6, 6.07) is 10.7. The third kappa shape index (κ3) is 3.06. The Labute approximate surface area is 129 Å². The molecule has 0 amide bonds. The molecule has 1 aromatic heterocycles. The van der Waals surface area contributed by atoms with Gasteiger partial charge in [-0.05, 0) is 29.8 Å². The maximum Gasteiger partial charge on any atom is 0.416 e. The van der Waals surface area contributed by atoms with E-state index in [-0.39, 0.29) is 16.8 Å². The molecular formula is C17H9F4N2. The first-order valence-electron chi connectivity index (χ1n) is 6.62. The van der Waals surface area contributed by atoms with Crippen LogP contribution in [0.2, 0.25) is 0 Å². The molecule has 0 saturated carbocycles. The van der Waals surface area contributed by atoms with Gasteiger partial charge in [0.2, 0.25) is 0 Å². The van der Waals surface area contributed by atoms with Crippen molar-refractivity contribution in [3.63, 3.8) is 0 Å². The van der Waals surface area contributed by atoms with Gasteiger partial charge in [-0.25, -0.2) is 14.4 Å². The van der Waals surface area contributed by atoms with E-state index < -0.39 is 17.6 Å². The SMILES string of the molecule is Fc1ccccc1-c1n[c]ncc1-c1cccc(C(F)(F)F)c1.